The number of likely N-dealkylation sites (tertiary alicyclic amines) is 2. The summed E-state index contributed by atoms with van der Waals surface area (Å²) in [7, 11) is -3.53. The number of aliphatic hydroxyl groups is 2. The zero-order valence-electron chi connectivity index (χ0n) is 25.6. The lowest BCUT2D eigenvalue weighted by Crippen LogP contribution is -2.46. The Bertz CT molecular complexity index is 1420. The van der Waals surface area contributed by atoms with Crippen molar-refractivity contribution in [3.63, 3.8) is 0 Å². The molecule has 2 saturated heterocycles. The fourth-order valence-corrected chi connectivity index (χ4v) is 8.51. The molecule has 5 rings (SSSR count). The van der Waals surface area contributed by atoms with E-state index in [2.05, 4.69) is 9.80 Å². The summed E-state index contributed by atoms with van der Waals surface area (Å²) < 4.78 is 83.6. The molecule has 0 spiro atoms. The molecule has 4 heterocycles. The smallest absolute Gasteiger partial charge is 0.395 e. The number of sulfonamides is 1. The van der Waals surface area contributed by atoms with Gasteiger partial charge in [-0.2, -0.15) is 22.6 Å². The minimum Gasteiger partial charge on any atom is -0.395 e. The van der Waals surface area contributed by atoms with Crippen molar-refractivity contribution in [1.82, 2.24) is 23.9 Å². The summed E-state index contributed by atoms with van der Waals surface area (Å²) in [5.41, 5.74) is 1.47. The van der Waals surface area contributed by atoms with E-state index in [0.717, 1.165) is 55.6 Å². The van der Waals surface area contributed by atoms with Crippen LogP contribution in [0.1, 0.15) is 48.9 Å². The minimum absolute atomic E-state index is 0.0136. The third-order valence-electron chi connectivity index (χ3n) is 9.10. The summed E-state index contributed by atoms with van der Waals surface area (Å²) in [6.07, 6.45) is -0.999. The maximum Gasteiger partial charge on any atom is 0.417 e. The first-order chi connectivity index (χ1) is 21.3. The van der Waals surface area contributed by atoms with Gasteiger partial charge in [-0.05, 0) is 44.4 Å². The molecule has 2 N–H and O–H groups in total. The van der Waals surface area contributed by atoms with Crippen molar-refractivity contribution in [3.05, 3.63) is 35.0 Å². The summed E-state index contributed by atoms with van der Waals surface area (Å²) in [6.45, 7) is 3.23. The van der Waals surface area contributed by atoms with Gasteiger partial charge < -0.3 is 15.1 Å². The predicted molar refractivity (Wildman–Crippen MR) is 165 cm³/mol. The van der Waals surface area contributed by atoms with Crippen molar-refractivity contribution in [3.8, 4) is 11.3 Å². The highest BCUT2D eigenvalue weighted by Gasteiger charge is 2.35. The van der Waals surface area contributed by atoms with Gasteiger partial charge in [0, 0.05) is 79.2 Å². The van der Waals surface area contributed by atoms with Gasteiger partial charge in [0.25, 0.3) is 0 Å². The van der Waals surface area contributed by atoms with Crippen molar-refractivity contribution in [2.24, 2.45) is 0 Å². The lowest BCUT2D eigenvalue weighted by atomic mass is 10.0. The third kappa shape index (κ3) is 8.59. The third-order valence-corrected chi connectivity index (χ3v) is 11.4. The van der Waals surface area contributed by atoms with E-state index in [-0.39, 0.29) is 37.2 Å². The van der Waals surface area contributed by atoms with E-state index in [1.54, 1.807) is 4.68 Å². The molecule has 2 atom stereocenters. The largest absolute Gasteiger partial charge is 0.417 e. The molecule has 0 amide bonds. The highest BCUT2D eigenvalue weighted by atomic mass is 32.2. The molecule has 0 radical (unpaired) electrons. The normalized spacial score (nSPS) is 22.1. The van der Waals surface area contributed by atoms with Crippen LogP contribution in [0, 0.1) is 0 Å². The van der Waals surface area contributed by atoms with Crippen LogP contribution in [0.4, 0.5) is 17.6 Å². The summed E-state index contributed by atoms with van der Waals surface area (Å²) in [5, 5.41) is 25.6. The van der Waals surface area contributed by atoms with Crippen LogP contribution < -0.4 is 0 Å². The number of fused-ring (bicyclic) bond motifs is 1. The lowest BCUT2D eigenvalue weighted by molar-refractivity contribution is -0.139. The quantitative estimate of drug-likeness (QED) is 0.275. The molecule has 1 unspecified atom stereocenters. The Morgan fingerprint density at radius 3 is 2.53 bits per heavy atom. The molecule has 0 bridgehead atoms. The molecule has 3 aliphatic rings. The van der Waals surface area contributed by atoms with E-state index in [0.29, 0.717) is 68.0 Å². The average Bonchev–Trinajstić information content (AvgIpc) is 3.34. The Labute approximate surface area is 266 Å². The molecule has 15 heteroatoms. The monoisotopic (exact) mass is 677 g/mol. The molecule has 0 aliphatic carbocycles. The number of aromatic nitrogens is 2. The highest BCUT2D eigenvalue weighted by Crippen LogP contribution is 2.40. The number of hydrogen-bond acceptors (Lipinski definition) is 8. The van der Waals surface area contributed by atoms with Crippen molar-refractivity contribution in [2.45, 2.75) is 81.0 Å². The lowest BCUT2D eigenvalue weighted by Gasteiger charge is -2.35. The van der Waals surface area contributed by atoms with E-state index in [1.165, 1.54) is 16.4 Å². The maximum absolute atomic E-state index is 14.1. The van der Waals surface area contributed by atoms with Gasteiger partial charge in [0.15, 0.2) is 0 Å². The van der Waals surface area contributed by atoms with Gasteiger partial charge in [-0.3, -0.25) is 9.58 Å². The number of benzene rings is 1. The van der Waals surface area contributed by atoms with Gasteiger partial charge in [-0.25, -0.2) is 12.8 Å². The second-order valence-electron chi connectivity index (χ2n) is 12.4. The molecule has 2 aromatic rings. The van der Waals surface area contributed by atoms with Gasteiger partial charge in [0.05, 0.1) is 36.8 Å². The number of β-amino-alcohol motifs (C(OH)–C–C–N with tert-alkyl or cyclic N) is 1. The van der Waals surface area contributed by atoms with E-state index >= 15 is 0 Å². The molecule has 45 heavy (non-hydrogen) atoms. The van der Waals surface area contributed by atoms with Crippen LogP contribution in [-0.4, -0.2) is 119 Å². The fraction of sp³-hybridized carbons (Fsp3) is 0.700. The number of halogens is 4. The summed E-state index contributed by atoms with van der Waals surface area (Å²) in [6, 6.07) is 3.89. The maximum atomic E-state index is 14.1. The fourth-order valence-electron chi connectivity index (χ4n) is 6.60. The van der Waals surface area contributed by atoms with Crippen molar-refractivity contribution in [2.75, 3.05) is 57.9 Å². The van der Waals surface area contributed by atoms with Gasteiger partial charge in [-0.1, -0.05) is 12.5 Å². The summed E-state index contributed by atoms with van der Waals surface area (Å²) in [4.78, 5) is 4.20. The van der Waals surface area contributed by atoms with Gasteiger partial charge >= 0.3 is 6.18 Å². The number of alkyl halides is 4. The Morgan fingerprint density at radius 1 is 1.09 bits per heavy atom. The van der Waals surface area contributed by atoms with E-state index in [9.17, 15) is 36.2 Å². The second kappa shape index (κ2) is 14.6. The summed E-state index contributed by atoms with van der Waals surface area (Å²) in [5.74, 6) is 0.398. The van der Waals surface area contributed by atoms with Crippen LogP contribution in [0.25, 0.3) is 11.3 Å². The number of nitrogens with zero attached hydrogens (tertiary/aromatic N) is 5. The van der Waals surface area contributed by atoms with E-state index in [1.807, 2.05) is 0 Å². The Balaban J connectivity index is 1.42. The summed E-state index contributed by atoms with van der Waals surface area (Å²) >= 11 is 1.10. The van der Waals surface area contributed by atoms with Crippen LogP contribution in [0.15, 0.2) is 23.1 Å². The Kier molecular flexibility index (Phi) is 11.2. The molecule has 1 aromatic heterocycles. The van der Waals surface area contributed by atoms with Crippen LogP contribution in [-0.2, 0) is 35.7 Å². The average molecular weight is 678 g/mol. The van der Waals surface area contributed by atoms with Crippen LogP contribution in [0.3, 0.4) is 0 Å². The van der Waals surface area contributed by atoms with Crippen LogP contribution in [0.5, 0.6) is 0 Å². The van der Waals surface area contributed by atoms with Crippen molar-refractivity contribution in [1.29, 1.82) is 0 Å². The number of aliphatic hydroxyl groups excluding tert-OH is 2. The molecule has 2 fully saturated rings. The van der Waals surface area contributed by atoms with E-state index in [4.69, 9.17) is 5.10 Å². The number of piperidine rings is 2. The SMILES string of the molecule is CS(=O)(=O)N1CCc2c(c(-c3ccc(C(F)(F)F)c(SCCN4CCC(F)CC4)c3)nn2C[C@@H](O)CN2CCCCC2CO)C1. The van der Waals surface area contributed by atoms with Crippen molar-refractivity contribution >= 4 is 21.8 Å². The minimum atomic E-state index is -4.57. The van der Waals surface area contributed by atoms with Gasteiger partial charge in [0.1, 0.15) is 6.17 Å². The first kappa shape index (κ1) is 34.6. The molecule has 0 saturated carbocycles. The molecule has 1 aromatic carbocycles. The standard InChI is InChI=1S/C30H43F4N5O4S2/c1-45(42,43)38-13-9-27-25(19-38)29(35-39(27)18-24(41)17-37-10-3-2-4-23(37)20-40)21-5-6-26(30(32,33)34)28(16-21)44-15-14-36-11-7-22(31)8-12-36/h5-6,16,22-24,40-41H,2-4,7-15,17-20H2,1H3/t23?,24-/m0/s1. The number of hydrogen-bond donors (Lipinski definition) is 2. The highest BCUT2D eigenvalue weighted by molar-refractivity contribution is 7.99. The number of thioether (sulfide) groups is 1. The molecule has 3 aliphatic heterocycles. The Hall–Kier alpha value is -1.75. The topological polar surface area (TPSA) is 102 Å². The predicted octanol–water partition coefficient (Wildman–Crippen LogP) is 3.62. The Morgan fingerprint density at radius 2 is 1.84 bits per heavy atom. The molecule has 252 valence electrons. The zero-order chi connectivity index (χ0) is 32.4. The van der Waals surface area contributed by atoms with Crippen LogP contribution >= 0.6 is 11.8 Å². The molecular weight excluding hydrogens is 634 g/mol. The van der Waals surface area contributed by atoms with E-state index < -0.39 is 34.0 Å². The van der Waals surface area contributed by atoms with Crippen LogP contribution in [0.2, 0.25) is 0 Å². The molecular formula is C30H43F4N5O4S2. The molecule has 9 nitrogen and oxygen atoms in total. The zero-order valence-corrected chi connectivity index (χ0v) is 27.2. The number of rotatable bonds is 11. The van der Waals surface area contributed by atoms with Gasteiger partial charge in [0.2, 0.25) is 10.0 Å². The first-order valence-corrected chi connectivity index (χ1v) is 18.4. The van der Waals surface area contributed by atoms with Gasteiger partial charge in [-0.15, -0.1) is 11.8 Å². The second-order valence-corrected chi connectivity index (χ2v) is 15.5. The van der Waals surface area contributed by atoms with Crippen molar-refractivity contribution < 1.29 is 36.2 Å². The first-order valence-electron chi connectivity index (χ1n) is 15.6.